The smallest absolute Gasteiger partial charge is 0.123 e. The van der Waals surface area contributed by atoms with E-state index in [2.05, 4.69) is 4.98 Å². The van der Waals surface area contributed by atoms with E-state index in [4.69, 9.17) is 0 Å². The summed E-state index contributed by atoms with van der Waals surface area (Å²) in [6.07, 6.45) is 0.800. The minimum atomic E-state index is -0.878. The number of hydrogen-bond acceptors (Lipinski definition) is 2. The molecule has 2 aromatic rings. The lowest BCUT2D eigenvalue weighted by molar-refractivity contribution is 0.215. The predicted molar refractivity (Wildman–Crippen MR) is 59.4 cm³/mol. The molecule has 0 saturated carbocycles. The van der Waals surface area contributed by atoms with Gasteiger partial charge in [0, 0.05) is 6.20 Å². The molecule has 0 radical (unpaired) electrons. The molecule has 0 fully saturated rings. The molecule has 0 amide bonds. The van der Waals surface area contributed by atoms with Gasteiger partial charge in [0.1, 0.15) is 11.9 Å². The van der Waals surface area contributed by atoms with Crippen molar-refractivity contribution in [1.29, 1.82) is 0 Å². The molecule has 0 aliphatic rings. The van der Waals surface area contributed by atoms with Crippen LogP contribution in [0.2, 0.25) is 0 Å². The first-order valence-electron chi connectivity index (χ1n) is 5.03. The fraction of sp³-hybridized carbons (Fsp3) is 0.154. The maximum atomic E-state index is 13.0. The lowest BCUT2D eigenvalue weighted by atomic mass is 10.1. The molecular weight excluding hydrogens is 205 g/mol. The van der Waals surface area contributed by atoms with Crippen molar-refractivity contribution >= 4 is 0 Å². The highest BCUT2D eigenvalue weighted by molar-refractivity contribution is 5.27. The number of hydrogen-bond donors (Lipinski definition) is 1. The lowest BCUT2D eigenvalue weighted by Gasteiger charge is -2.10. The minimum Gasteiger partial charge on any atom is -0.382 e. The number of rotatable bonds is 2. The van der Waals surface area contributed by atoms with Gasteiger partial charge in [0.25, 0.3) is 0 Å². The zero-order valence-corrected chi connectivity index (χ0v) is 8.89. The van der Waals surface area contributed by atoms with Crippen molar-refractivity contribution in [2.24, 2.45) is 0 Å². The third kappa shape index (κ3) is 2.25. The van der Waals surface area contributed by atoms with Crippen LogP contribution in [0.4, 0.5) is 4.39 Å². The van der Waals surface area contributed by atoms with E-state index in [1.807, 2.05) is 13.0 Å². The SMILES string of the molecule is Cc1ccc(C(O)c2cccc(F)c2)nc1. The highest BCUT2D eigenvalue weighted by Crippen LogP contribution is 2.20. The number of halogens is 1. The summed E-state index contributed by atoms with van der Waals surface area (Å²) in [5.74, 6) is -0.358. The molecule has 0 saturated heterocycles. The van der Waals surface area contributed by atoms with Gasteiger partial charge < -0.3 is 5.11 Å². The topological polar surface area (TPSA) is 33.1 Å². The quantitative estimate of drug-likeness (QED) is 0.838. The Balaban J connectivity index is 2.31. The van der Waals surface area contributed by atoms with Crippen LogP contribution in [0.5, 0.6) is 0 Å². The van der Waals surface area contributed by atoms with Crippen LogP contribution in [0.25, 0.3) is 0 Å². The fourth-order valence-corrected chi connectivity index (χ4v) is 1.49. The maximum Gasteiger partial charge on any atom is 0.123 e. The van der Waals surface area contributed by atoms with Crippen LogP contribution in [-0.2, 0) is 0 Å². The van der Waals surface area contributed by atoms with E-state index < -0.39 is 6.10 Å². The normalized spacial score (nSPS) is 12.4. The monoisotopic (exact) mass is 217 g/mol. The van der Waals surface area contributed by atoms with Crippen LogP contribution in [-0.4, -0.2) is 10.1 Å². The van der Waals surface area contributed by atoms with Gasteiger partial charge in [-0.05, 0) is 36.2 Å². The van der Waals surface area contributed by atoms with Crippen molar-refractivity contribution in [3.05, 3.63) is 65.2 Å². The van der Waals surface area contributed by atoms with E-state index >= 15 is 0 Å². The lowest BCUT2D eigenvalue weighted by Crippen LogP contribution is -2.02. The number of aromatic nitrogens is 1. The van der Waals surface area contributed by atoms with Crippen LogP contribution in [0.15, 0.2) is 42.6 Å². The summed E-state index contributed by atoms with van der Waals surface area (Å²) in [6.45, 7) is 1.92. The summed E-state index contributed by atoms with van der Waals surface area (Å²) in [5, 5.41) is 9.98. The molecular formula is C13H12FNO. The maximum absolute atomic E-state index is 13.0. The van der Waals surface area contributed by atoms with Gasteiger partial charge in [-0.2, -0.15) is 0 Å². The average molecular weight is 217 g/mol. The third-order valence-electron chi connectivity index (χ3n) is 2.38. The van der Waals surface area contributed by atoms with Crippen molar-refractivity contribution in [2.45, 2.75) is 13.0 Å². The second-order valence-corrected chi connectivity index (χ2v) is 3.72. The Morgan fingerprint density at radius 1 is 1.25 bits per heavy atom. The summed E-state index contributed by atoms with van der Waals surface area (Å²) >= 11 is 0. The Kier molecular flexibility index (Phi) is 2.97. The summed E-state index contributed by atoms with van der Waals surface area (Å²) in [4.78, 5) is 4.11. The summed E-state index contributed by atoms with van der Waals surface area (Å²) in [6, 6.07) is 9.51. The molecule has 1 aromatic carbocycles. The van der Waals surface area contributed by atoms with Crippen LogP contribution in [0.1, 0.15) is 22.9 Å². The number of nitrogens with zero attached hydrogens (tertiary/aromatic N) is 1. The molecule has 3 heteroatoms. The van der Waals surface area contributed by atoms with Gasteiger partial charge in [-0.25, -0.2) is 4.39 Å². The second kappa shape index (κ2) is 4.41. The number of aryl methyl sites for hydroxylation is 1. The molecule has 82 valence electrons. The summed E-state index contributed by atoms with van der Waals surface area (Å²) in [5.41, 5.74) is 2.06. The molecule has 2 nitrogen and oxygen atoms in total. The van der Waals surface area contributed by atoms with Crippen molar-refractivity contribution in [1.82, 2.24) is 4.98 Å². The van der Waals surface area contributed by atoms with Crippen molar-refractivity contribution in [3.63, 3.8) is 0 Å². The van der Waals surface area contributed by atoms with Crippen LogP contribution >= 0.6 is 0 Å². The van der Waals surface area contributed by atoms with Gasteiger partial charge in [0.05, 0.1) is 5.69 Å². The number of benzene rings is 1. The standard InChI is InChI=1S/C13H12FNO/c1-9-5-6-12(15-8-9)13(16)10-3-2-4-11(14)7-10/h2-8,13,16H,1H3. The largest absolute Gasteiger partial charge is 0.382 e. The molecule has 1 N–H and O–H groups in total. The Morgan fingerprint density at radius 3 is 2.69 bits per heavy atom. The zero-order valence-electron chi connectivity index (χ0n) is 8.89. The van der Waals surface area contributed by atoms with E-state index in [0.717, 1.165) is 5.56 Å². The molecule has 0 aliphatic carbocycles. The highest BCUT2D eigenvalue weighted by atomic mass is 19.1. The molecule has 1 atom stereocenters. The van der Waals surface area contributed by atoms with Crippen LogP contribution < -0.4 is 0 Å². The van der Waals surface area contributed by atoms with Gasteiger partial charge in [0.2, 0.25) is 0 Å². The van der Waals surface area contributed by atoms with E-state index in [1.54, 1.807) is 24.4 Å². The van der Waals surface area contributed by atoms with Crippen molar-refractivity contribution < 1.29 is 9.50 Å². The molecule has 0 spiro atoms. The van der Waals surface area contributed by atoms with Crippen LogP contribution in [0, 0.1) is 12.7 Å². The summed E-state index contributed by atoms with van der Waals surface area (Å²) in [7, 11) is 0. The highest BCUT2D eigenvalue weighted by Gasteiger charge is 2.11. The molecule has 1 heterocycles. The van der Waals surface area contributed by atoms with E-state index in [1.165, 1.54) is 12.1 Å². The molecule has 16 heavy (non-hydrogen) atoms. The van der Waals surface area contributed by atoms with Gasteiger partial charge >= 0.3 is 0 Å². The number of aliphatic hydroxyl groups is 1. The first kappa shape index (κ1) is 10.8. The molecule has 1 aromatic heterocycles. The van der Waals surface area contributed by atoms with E-state index in [-0.39, 0.29) is 5.82 Å². The molecule has 0 bridgehead atoms. The molecule has 0 aliphatic heterocycles. The second-order valence-electron chi connectivity index (χ2n) is 3.72. The molecule has 1 unspecified atom stereocenters. The minimum absolute atomic E-state index is 0.358. The van der Waals surface area contributed by atoms with E-state index in [0.29, 0.717) is 11.3 Å². The first-order chi connectivity index (χ1) is 7.66. The number of pyridine rings is 1. The Labute approximate surface area is 93.4 Å². The van der Waals surface area contributed by atoms with E-state index in [9.17, 15) is 9.50 Å². The third-order valence-corrected chi connectivity index (χ3v) is 2.38. The van der Waals surface area contributed by atoms with Gasteiger partial charge in [-0.1, -0.05) is 18.2 Å². The summed E-state index contributed by atoms with van der Waals surface area (Å²) < 4.78 is 13.0. The van der Waals surface area contributed by atoms with Crippen LogP contribution in [0.3, 0.4) is 0 Å². The molecule has 2 rings (SSSR count). The number of aliphatic hydroxyl groups excluding tert-OH is 1. The zero-order chi connectivity index (χ0) is 11.5. The van der Waals surface area contributed by atoms with Gasteiger partial charge in [-0.3, -0.25) is 4.98 Å². The fourth-order valence-electron chi connectivity index (χ4n) is 1.49. The Morgan fingerprint density at radius 2 is 2.06 bits per heavy atom. The average Bonchev–Trinajstić information content (AvgIpc) is 2.29. The van der Waals surface area contributed by atoms with Crippen molar-refractivity contribution in [2.75, 3.05) is 0 Å². The van der Waals surface area contributed by atoms with Gasteiger partial charge in [0.15, 0.2) is 0 Å². The Hall–Kier alpha value is -1.74. The van der Waals surface area contributed by atoms with Crippen molar-refractivity contribution in [3.8, 4) is 0 Å². The predicted octanol–water partition coefficient (Wildman–Crippen LogP) is 2.61. The Bertz CT molecular complexity index is 482. The first-order valence-corrected chi connectivity index (χ1v) is 5.03. The van der Waals surface area contributed by atoms with Gasteiger partial charge in [-0.15, -0.1) is 0 Å².